The van der Waals surface area contributed by atoms with E-state index in [2.05, 4.69) is 35.9 Å². The molecule has 3 rings (SSSR count). The lowest BCUT2D eigenvalue weighted by Gasteiger charge is -2.24. The molecule has 3 heteroatoms. The number of aromatic nitrogens is 1. The molecule has 1 aromatic rings. The monoisotopic (exact) mass is 227 g/mol. The first-order valence-electron chi connectivity index (χ1n) is 6.05. The molecule has 3 nitrogen and oxygen atoms in total. The molecule has 1 saturated carbocycles. The van der Waals surface area contributed by atoms with Crippen LogP contribution in [0.1, 0.15) is 35.7 Å². The number of rotatable bonds is 3. The molecule has 0 aromatic carbocycles. The minimum atomic E-state index is 0.683. The smallest absolute Gasteiger partial charge is 0.0719 e. The van der Waals surface area contributed by atoms with Crippen molar-refractivity contribution in [3.63, 3.8) is 0 Å². The van der Waals surface area contributed by atoms with Crippen LogP contribution in [0.3, 0.4) is 0 Å². The molecule has 0 saturated heterocycles. The Hall–Kier alpha value is -1.77. The summed E-state index contributed by atoms with van der Waals surface area (Å²) in [5.74, 6) is 0. The van der Waals surface area contributed by atoms with Crippen LogP contribution in [0.15, 0.2) is 30.5 Å². The van der Waals surface area contributed by atoms with Crippen molar-refractivity contribution < 1.29 is 0 Å². The van der Waals surface area contributed by atoms with Crippen molar-refractivity contribution in [3.8, 4) is 0 Å². The zero-order valence-electron chi connectivity index (χ0n) is 10.2. The van der Waals surface area contributed by atoms with E-state index in [9.17, 15) is 0 Å². The third-order valence-electron chi connectivity index (χ3n) is 3.42. The van der Waals surface area contributed by atoms with Crippen molar-refractivity contribution >= 4 is 11.9 Å². The fourth-order valence-electron chi connectivity index (χ4n) is 2.44. The molecule has 0 unspecified atom stereocenters. The van der Waals surface area contributed by atoms with Gasteiger partial charge in [-0.05, 0) is 25.3 Å². The highest BCUT2D eigenvalue weighted by atomic mass is 15.5. The molecular weight excluding hydrogens is 210 g/mol. The van der Waals surface area contributed by atoms with Crippen LogP contribution in [0.25, 0.3) is 5.70 Å². The van der Waals surface area contributed by atoms with Crippen LogP contribution in [0.4, 0.5) is 0 Å². The van der Waals surface area contributed by atoms with Gasteiger partial charge in [0, 0.05) is 17.8 Å². The van der Waals surface area contributed by atoms with E-state index in [-0.39, 0.29) is 0 Å². The van der Waals surface area contributed by atoms with Crippen molar-refractivity contribution in [1.29, 1.82) is 0 Å². The van der Waals surface area contributed by atoms with Gasteiger partial charge in [-0.1, -0.05) is 12.7 Å². The molecule has 1 aromatic heterocycles. The van der Waals surface area contributed by atoms with Gasteiger partial charge in [0.25, 0.3) is 0 Å². The van der Waals surface area contributed by atoms with Crippen molar-refractivity contribution in [1.82, 2.24) is 9.58 Å². The van der Waals surface area contributed by atoms with Crippen molar-refractivity contribution in [2.75, 3.05) is 6.54 Å². The Balaban J connectivity index is 2.05. The minimum absolute atomic E-state index is 0.683. The summed E-state index contributed by atoms with van der Waals surface area (Å²) in [6, 6.07) is 0.683. The van der Waals surface area contributed by atoms with Crippen molar-refractivity contribution in [3.05, 3.63) is 42.3 Å². The SMILES string of the molecule is C=CCN1N=Cc2c(c(C)cn2C2CC2)C1=C. The third-order valence-corrected chi connectivity index (χ3v) is 3.42. The Kier molecular flexibility index (Phi) is 2.21. The van der Waals surface area contributed by atoms with Gasteiger partial charge in [0.15, 0.2) is 0 Å². The van der Waals surface area contributed by atoms with Gasteiger partial charge in [-0.2, -0.15) is 5.10 Å². The molecule has 88 valence electrons. The molecular formula is C14H17N3. The Morgan fingerprint density at radius 1 is 1.53 bits per heavy atom. The summed E-state index contributed by atoms with van der Waals surface area (Å²) in [7, 11) is 0. The summed E-state index contributed by atoms with van der Waals surface area (Å²) in [5.41, 5.74) is 4.74. The lowest BCUT2D eigenvalue weighted by atomic mass is 10.1. The highest BCUT2D eigenvalue weighted by Gasteiger charge is 2.29. The van der Waals surface area contributed by atoms with E-state index in [1.54, 1.807) is 0 Å². The topological polar surface area (TPSA) is 20.5 Å². The molecule has 0 bridgehead atoms. The van der Waals surface area contributed by atoms with Gasteiger partial charge in [-0.3, -0.25) is 5.01 Å². The van der Waals surface area contributed by atoms with Crippen LogP contribution in [0.2, 0.25) is 0 Å². The molecule has 1 fully saturated rings. The number of hydrazone groups is 1. The quantitative estimate of drug-likeness (QED) is 0.727. The van der Waals surface area contributed by atoms with Crippen molar-refractivity contribution in [2.24, 2.45) is 5.10 Å². The van der Waals surface area contributed by atoms with Crippen LogP contribution in [0, 0.1) is 6.92 Å². The summed E-state index contributed by atoms with van der Waals surface area (Å²) in [6.07, 6.45) is 8.62. The number of hydrogen-bond donors (Lipinski definition) is 0. The molecule has 2 heterocycles. The lowest BCUT2D eigenvalue weighted by molar-refractivity contribution is 0.467. The van der Waals surface area contributed by atoms with E-state index in [0.717, 1.165) is 5.70 Å². The first-order chi connectivity index (χ1) is 8.22. The van der Waals surface area contributed by atoms with Gasteiger partial charge >= 0.3 is 0 Å². The van der Waals surface area contributed by atoms with E-state index in [4.69, 9.17) is 0 Å². The van der Waals surface area contributed by atoms with Gasteiger partial charge in [0.05, 0.1) is 24.2 Å². The fourth-order valence-corrected chi connectivity index (χ4v) is 2.44. The second kappa shape index (κ2) is 3.62. The van der Waals surface area contributed by atoms with E-state index in [0.29, 0.717) is 12.6 Å². The van der Waals surface area contributed by atoms with E-state index >= 15 is 0 Å². The summed E-state index contributed by atoms with van der Waals surface area (Å²) in [6.45, 7) is 10.8. The average molecular weight is 227 g/mol. The average Bonchev–Trinajstić information content (AvgIpc) is 3.08. The first kappa shape index (κ1) is 10.4. The molecule has 0 radical (unpaired) electrons. The molecule has 0 amide bonds. The number of hydrogen-bond acceptors (Lipinski definition) is 2. The van der Waals surface area contributed by atoms with Crippen LogP contribution < -0.4 is 0 Å². The molecule has 0 spiro atoms. The number of aryl methyl sites for hydroxylation is 1. The van der Waals surface area contributed by atoms with Crippen LogP contribution in [0.5, 0.6) is 0 Å². The molecule has 1 aliphatic heterocycles. The van der Waals surface area contributed by atoms with E-state index in [1.165, 1.54) is 29.7 Å². The highest BCUT2D eigenvalue weighted by Crippen LogP contribution is 2.40. The van der Waals surface area contributed by atoms with Crippen LogP contribution >= 0.6 is 0 Å². The predicted octanol–water partition coefficient (Wildman–Crippen LogP) is 2.94. The largest absolute Gasteiger partial charge is 0.343 e. The lowest BCUT2D eigenvalue weighted by Crippen LogP contribution is -2.21. The summed E-state index contributed by atoms with van der Waals surface area (Å²) in [5, 5.41) is 6.34. The second-order valence-corrected chi connectivity index (χ2v) is 4.77. The fraction of sp³-hybridized carbons (Fsp3) is 0.357. The molecule has 1 aliphatic carbocycles. The zero-order chi connectivity index (χ0) is 12.0. The van der Waals surface area contributed by atoms with Crippen molar-refractivity contribution in [2.45, 2.75) is 25.8 Å². The second-order valence-electron chi connectivity index (χ2n) is 4.77. The van der Waals surface area contributed by atoms with Crippen LogP contribution in [-0.2, 0) is 0 Å². The third kappa shape index (κ3) is 1.54. The molecule has 0 atom stereocenters. The molecule has 0 N–H and O–H groups in total. The van der Waals surface area contributed by atoms with Gasteiger partial charge < -0.3 is 4.57 Å². The number of nitrogens with zero attached hydrogens (tertiary/aromatic N) is 3. The van der Waals surface area contributed by atoms with Gasteiger partial charge in [-0.25, -0.2) is 0 Å². The first-order valence-corrected chi connectivity index (χ1v) is 6.05. The Morgan fingerprint density at radius 3 is 2.94 bits per heavy atom. The highest BCUT2D eigenvalue weighted by molar-refractivity contribution is 5.90. The predicted molar refractivity (Wildman–Crippen MR) is 71.0 cm³/mol. The molecule has 2 aliphatic rings. The maximum Gasteiger partial charge on any atom is 0.0719 e. The van der Waals surface area contributed by atoms with Gasteiger partial charge in [0.1, 0.15) is 0 Å². The minimum Gasteiger partial charge on any atom is -0.343 e. The maximum atomic E-state index is 4.44. The summed E-state index contributed by atoms with van der Waals surface area (Å²) >= 11 is 0. The van der Waals surface area contributed by atoms with E-state index in [1.807, 2.05) is 17.3 Å². The van der Waals surface area contributed by atoms with E-state index < -0.39 is 0 Å². The summed E-state index contributed by atoms with van der Waals surface area (Å²) in [4.78, 5) is 0. The Bertz CT molecular complexity index is 518. The number of fused-ring (bicyclic) bond motifs is 1. The molecule has 17 heavy (non-hydrogen) atoms. The van der Waals surface area contributed by atoms with Crippen LogP contribution in [-0.4, -0.2) is 22.3 Å². The zero-order valence-corrected chi connectivity index (χ0v) is 10.2. The Labute approximate surface area is 102 Å². The normalized spacial score (nSPS) is 18.4. The van der Waals surface area contributed by atoms with Gasteiger partial charge in [-0.15, -0.1) is 6.58 Å². The van der Waals surface area contributed by atoms with Gasteiger partial charge in [0.2, 0.25) is 0 Å². The maximum absolute atomic E-state index is 4.44. The summed E-state index contributed by atoms with van der Waals surface area (Å²) < 4.78 is 2.35. The Morgan fingerprint density at radius 2 is 2.29 bits per heavy atom. The standard InChI is InChI=1S/C14H17N3/c1-4-7-17-11(3)14-10(2)9-16(12-5-6-12)13(14)8-15-17/h4,8-9,12H,1,3,5-7H2,2H3.